The Hall–Kier alpha value is -2.41. The van der Waals surface area contributed by atoms with Crippen molar-refractivity contribution in [3.05, 3.63) is 40.9 Å². The second-order valence-corrected chi connectivity index (χ2v) is 4.71. The molecule has 20 heavy (non-hydrogen) atoms. The van der Waals surface area contributed by atoms with Crippen LogP contribution in [0.2, 0.25) is 0 Å². The van der Waals surface area contributed by atoms with Gasteiger partial charge in [0.25, 0.3) is 5.91 Å². The Bertz CT molecular complexity index is 639. The number of benzene rings is 1. The molecule has 1 aromatic heterocycles. The SMILES string of the molecule is COC(=O)c1cnc(NC(=O)c2ccccc2OC)s1. The van der Waals surface area contributed by atoms with Crippen molar-refractivity contribution in [3.8, 4) is 5.75 Å². The summed E-state index contributed by atoms with van der Waals surface area (Å²) in [5.74, 6) is -0.372. The third-order valence-corrected chi connectivity index (χ3v) is 3.36. The van der Waals surface area contributed by atoms with Gasteiger partial charge in [0.15, 0.2) is 5.13 Å². The lowest BCUT2D eigenvalue weighted by atomic mass is 10.2. The van der Waals surface area contributed by atoms with Gasteiger partial charge in [0.1, 0.15) is 10.6 Å². The number of carbonyl (C=O) groups is 2. The van der Waals surface area contributed by atoms with Gasteiger partial charge >= 0.3 is 5.97 Å². The number of carbonyl (C=O) groups excluding carboxylic acids is 2. The molecule has 1 amide bonds. The molecule has 0 unspecified atom stereocenters. The standard InChI is InChI=1S/C13H12N2O4S/c1-18-9-6-4-3-5-8(9)11(16)15-13-14-7-10(20-13)12(17)19-2/h3-7H,1-2H3,(H,14,15,16). The summed E-state index contributed by atoms with van der Waals surface area (Å²) < 4.78 is 9.69. The van der Waals surface area contributed by atoms with Crippen LogP contribution in [0, 0.1) is 0 Å². The molecule has 2 aromatic rings. The normalized spacial score (nSPS) is 9.90. The number of hydrogen-bond donors (Lipinski definition) is 1. The van der Waals surface area contributed by atoms with Crippen LogP contribution in [0.5, 0.6) is 5.75 Å². The van der Waals surface area contributed by atoms with E-state index in [9.17, 15) is 9.59 Å². The fourth-order valence-corrected chi connectivity index (χ4v) is 2.25. The predicted molar refractivity (Wildman–Crippen MR) is 74.4 cm³/mol. The molecule has 1 heterocycles. The summed E-state index contributed by atoms with van der Waals surface area (Å²) in [7, 11) is 2.78. The summed E-state index contributed by atoms with van der Waals surface area (Å²) in [6.07, 6.45) is 1.36. The summed E-state index contributed by atoms with van der Waals surface area (Å²) >= 11 is 1.04. The minimum Gasteiger partial charge on any atom is -0.496 e. The summed E-state index contributed by atoms with van der Waals surface area (Å²) in [5.41, 5.74) is 0.393. The smallest absolute Gasteiger partial charge is 0.349 e. The number of esters is 1. The molecule has 0 radical (unpaired) electrons. The van der Waals surface area contributed by atoms with Gasteiger partial charge in [-0.2, -0.15) is 0 Å². The minimum absolute atomic E-state index is 0.321. The Labute approximate surface area is 119 Å². The molecule has 2 rings (SSSR count). The van der Waals surface area contributed by atoms with E-state index in [1.54, 1.807) is 24.3 Å². The highest BCUT2D eigenvalue weighted by Crippen LogP contribution is 2.22. The highest BCUT2D eigenvalue weighted by molar-refractivity contribution is 7.17. The maximum Gasteiger partial charge on any atom is 0.349 e. The molecule has 0 bridgehead atoms. The average Bonchev–Trinajstić information content (AvgIpc) is 2.94. The molecule has 0 aliphatic carbocycles. The minimum atomic E-state index is -0.486. The van der Waals surface area contributed by atoms with Crippen LogP contribution in [-0.2, 0) is 4.74 Å². The molecule has 6 nitrogen and oxygen atoms in total. The van der Waals surface area contributed by atoms with Crippen LogP contribution >= 0.6 is 11.3 Å². The predicted octanol–water partition coefficient (Wildman–Crippen LogP) is 2.19. The van der Waals surface area contributed by atoms with Gasteiger partial charge in [0, 0.05) is 0 Å². The van der Waals surface area contributed by atoms with Crippen molar-refractivity contribution in [1.82, 2.24) is 4.98 Å². The van der Waals surface area contributed by atoms with Gasteiger partial charge in [0.2, 0.25) is 0 Å². The van der Waals surface area contributed by atoms with Crippen molar-refractivity contribution >= 4 is 28.3 Å². The first kappa shape index (κ1) is 14.0. The molecular formula is C13H12N2O4S. The molecular weight excluding hydrogens is 280 g/mol. The molecule has 0 aliphatic heterocycles. The molecule has 0 saturated heterocycles. The molecule has 0 saturated carbocycles. The first-order valence-electron chi connectivity index (χ1n) is 5.64. The van der Waals surface area contributed by atoms with E-state index >= 15 is 0 Å². The van der Waals surface area contributed by atoms with Gasteiger partial charge in [-0.1, -0.05) is 23.5 Å². The number of hydrogen-bond acceptors (Lipinski definition) is 6. The number of methoxy groups -OCH3 is 2. The number of para-hydroxylation sites is 1. The Balaban J connectivity index is 2.15. The molecule has 0 aliphatic rings. The zero-order valence-electron chi connectivity index (χ0n) is 10.9. The lowest BCUT2D eigenvalue weighted by Crippen LogP contribution is -2.12. The first-order valence-corrected chi connectivity index (χ1v) is 6.46. The largest absolute Gasteiger partial charge is 0.496 e. The van der Waals surface area contributed by atoms with Gasteiger partial charge < -0.3 is 9.47 Å². The fraction of sp³-hybridized carbons (Fsp3) is 0.154. The van der Waals surface area contributed by atoms with Crippen LogP contribution in [0.1, 0.15) is 20.0 Å². The van der Waals surface area contributed by atoms with Gasteiger partial charge in [-0.25, -0.2) is 9.78 Å². The molecule has 0 atom stereocenters. The Morgan fingerprint density at radius 3 is 2.70 bits per heavy atom. The van der Waals surface area contributed by atoms with Crippen LogP contribution in [0.4, 0.5) is 5.13 Å². The average molecular weight is 292 g/mol. The van der Waals surface area contributed by atoms with E-state index in [0.29, 0.717) is 21.3 Å². The number of nitrogens with zero attached hydrogens (tertiary/aromatic N) is 1. The quantitative estimate of drug-likeness (QED) is 0.874. The monoisotopic (exact) mass is 292 g/mol. The number of aromatic nitrogens is 1. The Morgan fingerprint density at radius 1 is 1.25 bits per heavy atom. The maximum atomic E-state index is 12.1. The molecule has 7 heteroatoms. The molecule has 1 N–H and O–H groups in total. The van der Waals surface area contributed by atoms with Crippen LogP contribution in [-0.4, -0.2) is 31.1 Å². The molecule has 0 spiro atoms. The highest BCUT2D eigenvalue weighted by atomic mass is 32.1. The van der Waals surface area contributed by atoms with Gasteiger partial charge in [-0.15, -0.1) is 0 Å². The van der Waals surface area contributed by atoms with Crippen LogP contribution in [0.15, 0.2) is 30.5 Å². The summed E-state index contributed by atoms with van der Waals surface area (Å²) in [4.78, 5) is 27.7. The number of rotatable bonds is 4. The third kappa shape index (κ3) is 2.94. The second kappa shape index (κ2) is 6.16. The number of ether oxygens (including phenoxy) is 2. The molecule has 1 aromatic carbocycles. The van der Waals surface area contributed by atoms with E-state index in [1.807, 2.05) is 0 Å². The van der Waals surface area contributed by atoms with E-state index in [-0.39, 0.29) is 5.91 Å². The summed E-state index contributed by atoms with van der Waals surface area (Å²) in [6, 6.07) is 6.84. The van der Waals surface area contributed by atoms with Crippen molar-refractivity contribution in [2.45, 2.75) is 0 Å². The number of amides is 1. The second-order valence-electron chi connectivity index (χ2n) is 3.68. The van der Waals surface area contributed by atoms with Crippen molar-refractivity contribution in [2.75, 3.05) is 19.5 Å². The first-order chi connectivity index (χ1) is 9.65. The summed E-state index contributed by atoms with van der Waals surface area (Å²) in [6.45, 7) is 0. The van der Waals surface area contributed by atoms with Crippen molar-refractivity contribution < 1.29 is 19.1 Å². The van der Waals surface area contributed by atoms with Crippen LogP contribution in [0.3, 0.4) is 0 Å². The van der Waals surface area contributed by atoms with Crippen LogP contribution < -0.4 is 10.1 Å². The number of nitrogens with one attached hydrogen (secondary N) is 1. The summed E-state index contributed by atoms with van der Waals surface area (Å²) in [5, 5.41) is 2.93. The fourth-order valence-electron chi connectivity index (χ4n) is 1.52. The number of thiazole rings is 1. The van der Waals surface area contributed by atoms with Gasteiger partial charge in [0.05, 0.1) is 26.0 Å². The third-order valence-electron chi connectivity index (χ3n) is 2.46. The van der Waals surface area contributed by atoms with Gasteiger partial charge in [-0.05, 0) is 12.1 Å². The Kier molecular flexibility index (Phi) is 4.31. The lowest BCUT2D eigenvalue weighted by molar-refractivity contribution is 0.0606. The van der Waals surface area contributed by atoms with Crippen molar-refractivity contribution in [1.29, 1.82) is 0 Å². The van der Waals surface area contributed by atoms with E-state index in [2.05, 4.69) is 15.0 Å². The van der Waals surface area contributed by atoms with E-state index in [0.717, 1.165) is 11.3 Å². The van der Waals surface area contributed by atoms with E-state index in [1.165, 1.54) is 20.4 Å². The number of anilines is 1. The van der Waals surface area contributed by atoms with Crippen molar-refractivity contribution in [2.24, 2.45) is 0 Å². The van der Waals surface area contributed by atoms with E-state index < -0.39 is 5.97 Å². The molecule has 0 fully saturated rings. The van der Waals surface area contributed by atoms with Crippen LogP contribution in [0.25, 0.3) is 0 Å². The van der Waals surface area contributed by atoms with Crippen molar-refractivity contribution in [3.63, 3.8) is 0 Å². The van der Waals surface area contributed by atoms with E-state index in [4.69, 9.17) is 4.74 Å². The Morgan fingerprint density at radius 2 is 2.00 bits per heavy atom. The lowest BCUT2D eigenvalue weighted by Gasteiger charge is -2.06. The zero-order chi connectivity index (χ0) is 14.5. The highest BCUT2D eigenvalue weighted by Gasteiger charge is 2.15. The maximum absolute atomic E-state index is 12.1. The zero-order valence-corrected chi connectivity index (χ0v) is 11.7. The topological polar surface area (TPSA) is 77.5 Å². The molecule has 104 valence electrons. The van der Waals surface area contributed by atoms with Gasteiger partial charge in [-0.3, -0.25) is 10.1 Å².